The van der Waals surface area contributed by atoms with E-state index < -0.39 is 0 Å². The third-order valence-corrected chi connectivity index (χ3v) is 3.60. The van der Waals surface area contributed by atoms with E-state index >= 15 is 0 Å². The van der Waals surface area contributed by atoms with Crippen molar-refractivity contribution in [3.8, 4) is 28.8 Å². The van der Waals surface area contributed by atoms with Gasteiger partial charge in [0.15, 0.2) is 23.9 Å². The van der Waals surface area contributed by atoms with Crippen molar-refractivity contribution in [1.82, 2.24) is 15.5 Å². The molecule has 1 amide bonds. The van der Waals surface area contributed by atoms with Gasteiger partial charge in [-0.05, 0) is 37.3 Å². The van der Waals surface area contributed by atoms with E-state index in [9.17, 15) is 4.79 Å². The molecule has 0 atom stereocenters. The van der Waals surface area contributed by atoms with E-state index in [1.54, 1.807) is 42.7 Å². The van der Waals surface area contributed by atoms with Gasteiger partial charge in [-0.25, -0.2) is 0 Å². The molecule has 0 fully saturated rings. The van der Waals surface area contributed by atoms with Crippen molar-refractivity contribution in [2.24, 2.45) is 0 Å². The quantitative estimate of drug-likeness (QED) is 0.538. The van der Waals surface area contributed by atoms with Gasteiger partial charge in [-0.2, -0.15) is 0 Å². The first-order valence-corrected chi connectivity index (χ1v) is 8.88. The third kappa shape index (κ3) is 5.47. The molecule has 0 unspecified atom stereocenters. The number of rotatable bonds is 10. The van der Waals surface area contributed by atoms with Gasteiger partial charge in [0.2, 0.25) is 5.88 Å². The van der Waals surface area contributed by atoms with Gasteiger partial charge in [0, 0.05) is 6.07 Å². The van der Waals surface area contributed by atoms with Crippen molar-refractivity contribution in [3.63, 3.8) is 0 Å². The summed E-state index contributed by atoms with van der Waals surface area (Å²) in [6, 6.07) is 14.2. The fourth-order valence-corrected chi connectivity index (χ4v) is 2.34. The van der Waals surface area contributed by atoms with Gasteiger partial charge in [0.1, 0.15) is 12.3 Å². The lowest BCUT2D eigenvalue weighted by Gasteiger charge is -2.11. The number of para-hydroxylation sites is 2. The number of carbonyl (C=O) groups is 1. The van der Waals surface area contributed by atoms with Crippen LogP contribution in [0.2, 0.25) is 0 Å². The first-order valence-electron chi connectivity index (χ1n) is 8.88. The van der Waals surface area contributed by atoms with Gasteiger partial charge in [-0.1, -0.05) is 12.1 Å². The van der Waals surface area contributed by atoms with Crippen LogP contribution in [0, 0.1) is 0 Å². The lowest BCUT2D eigenvalue weighted by molar-refractivity contribution is -0.123. The maximum absolute atomic E-state index is 11.9. The molecule has 8 heteroatoms. The summed E-state index contributed by atoms with van der Waals surface area (Å²) in [5.74, 6) is 1.89. The molecule has 2 aromatic heterocycles. The zero-order valence-electron chi connectivity index (χ0n) is 15.5. The van der Waals surface area contributed by atoms with Crippen LogP contribution in [0.4, 0.5) is 0 Å². The fourth-order valence-electron chi connectivity index (χ4n) is 2.34. The normalized spacial score (nSPS) is 10.3. The second-order valence-corrected chi connectivity index (χ2v) is 5.60. The molecule has 1 aromatic carbocycles. The summed E-state index contributed by atoms with van der Waals surface area (Å²) in [5, 5.41) is 10.7. The molecular formula is C20H21N3O5. The standard InChI is InChI=1S/C20H21N3O5/c1-2-25-17-6-3-4-7-18(17)28-14-19(24)21-11-13-27-20-10-9-15(22-23-20)16-8-5-12-26-16/h3-10,12H,2,11,13-14H2,1H3,(H,21,24). The molecule has 0 saturated carbocycles. The van der Waals surface area contributed by atoms with E-state index in [0.29, 0.717) is 42.0 Å². The Balaban J connectivity index is 1.36. The summed E-state index contributed by atoms with van der Waals surface area (Å²) in [6.45, 7) is 2.88. The minimum absolute atomic E-state index is 0.109. The predicted octanol–water partition coefficient (Wildman–Crippen LogP) is 2.71. The van der Waals surface area contributed by atoms with Gasteiger partial charge in [-0.3, -0.25) is 4.79 Å². The highest BCUT2D eigenvalue weighted by Gasteiger charge is 2.08. The van der Waals surface area contributed by atoms with E-state index in [4.69, 9.17) is 18.6 Å². The molecule has 0 radical (unpaired) electrons. The smallest absolute Gasteiger partial charge is 0.258 e. The SMILES string of the molecule is CCOc1ccccc1OCC(=O)NCCOc1ccc(-c2ccco2)nn1. The van der Waals surface area contributed by atoms with Crippen LogP contribution in [0.5, 0.6) is 17.4 Å². The van der Waals surface area contributed by atoms with Crippen molar-refractivity contribution >= 4 is 5.91 Å². The highest BCUT2D eigenvalue weighted by molar-refractivity contribution is 5.77. The van der Waals surface area contributed by atoms with Crippen molar-refractivity contribution < 1.29 is 23.4 Å². The van der Waals surface area contributed by atoms with Crippen LogP contribution < -0.4 is 19.5 Å². The van der Waals surface area contributed by atoms with E-state index in [0.717, 1.165) is 0 Å². The summed E-state index contributed by atoms with van der Waals surface area (Å²) in [5.41, 5.74) is 0.620. The molecule has 3 rings (SSSR count). The van der Waals surface area contributed by atoms with E-state index in [1.165, 1.54) is 0 Å². The van der Waals surface area contributed by atoms with E-state index in [-0.39, 0.29) is 19.1 Å². The summed E-state index contributed by atoms with van der Waals surface area (Å²) < 4.78 is 21.7. The van der Waals surface area contributed by atoms with Gasteiger partial charge in [0.05, 0.1) is 19.4 Å². The van der Waals surface area contributed by atoms with Crippen molar-refractivity contribution in [2.75, 3.05) is 26.4 Å². The van der Waals surface area contributed by atoms with Gasteiger partial charge in [-0.15, -0.1) is 10.2 Å². The maximum Gasteiger partial charge on any atom is 0.258 e. The topological polar surface area (TPSA) is 95.7 Å². The molecule has 0 aliphatic rings. The second-order valence-electron chi connectivity index (χ2n) is 5.60. The van der Waals surface area contributed by atoms with Crippen molar-refractivity contribution in [2.45, 2.75) is 6.92 Å². The van der Waals surface area contributed by atoms with Crippen LogP contribution in [0.3, 0.4) is 0 Å². The number of nitrogens with one attached hydrogen (secondary N) is 1. The largest absolute Gasteiger partial charge is 0.490 e. The average molecular weight is 383 g/mol. The Bertz CT molecular complexity index is 866. The number of nitrogens with zero attached hydrogens (tertiary/aromatic N) is 2. The number of carbonyl (C=O) groups excluding carboxylic acids is 1. The summed E-state index contributed by atoms with van der Waals surface area (Å²) >= 11 is 0. The molecular weight excluding hydrogens is 362 g/mol. The van der Waals surface area contributed by atoms with Crippen molar-refractivity contribution in [1.29, 1.82) is 0 Å². The zero-order valence-corrected chi connectivity index (χ0v) is 15.5. The number of ether oxygens (including phenoxy) is 3. The lowest BCUT2D eigenvalue weighted by Crippen LogP contribution is -2.32. The van der Waals surface area contributed by atoms with Crippen LogP contribution in [0.25, 0.3) is 11.5 Å². The monoisotopic (exact) mass is 383 g/mol. The van der Waals surface area contributed by atoms with Gasteiger partial charge in [0.25, 0.3) is 5.91 Å². The number of aromatic nitrogens is 2. The summed E-state index contributed by atoms with van der Waals surface area (Å²) in [6.07, 6.45) is 1.57. The minimum atomic E-state index is -0.255. The third-order valence-electron chi connectivity index (χ3n) is 3.60. The highest BCUT2D eigenvalue weighted by Crippen LogP contribution is 2.26. The molecule has 0 aliphatic carbocycles. The predicted molar refractivity (Wildman–Crippen MR) is 101 cm³/mol. The first kappa shape index (κ1) is 19.2. The Morgan fingerprint density at radius 2 is 1.82 bits per heavy atom. The molecule has 146 valence electrons. The van der Waals surface area contributed by atoms with Gasteiger partial charge >= 0.3 is 0 Å². The molecule has 1 N–H and O–H groups in total. The number of benzene rings is 1. The minimum Gasteiger partial charge on any atom is -0.490 e. The zero-order chi connectivity index (χ0) is 19.6. The van der Waals surface area contributed by atoms with Gasteiger partial charge < -0.3 is 23.9 Å². The molecule has 0 aliphatic heterocycles. The first-order chi connectivity index (χ1) is 13.8. The summed E-state index contributed by atoms with van der Waals surface area (Å²) in [7, 11) is 0. The molecule has 28 heavy (non-hydrogen) atoms. The molecule has 0 bridgehead atoms. The summed E-state index contributed by atoms with van der Waals surface area (Å²) in [4.78, 5) is 11.9. The van der Waals surface area contributed by atoms with E-state index in [2.05, 4.69) is 15.5 Å². The molecule has 8 nitrogen and oxygen atoms in total. The van der Waals surface area contributed by atoms with E-state index in [1.807, 2.05) is 19.1 Å². The maximum atomic E-state index is 11.9. The number of amides is 1. The Labute approximate surface area is 162 Å². The van der Waals surface area contributed by atoms with Crippen LogP contribution >= 0.6 is 0 Å². The Morgan fingerprint density at radius 3 is 2.50 bits per heavy atom. The Hall–Kier alpha value is -3.55. The molecule has 3 aromatic rings. The number of hydrogen-bond donors (Lipinski definition) is 1. The highest BCUT2D eigenvalue weighted by atomic mass is 16.5. The Kier molecular flexibility index (Phi) is 6.84. The second kappa shape index (κ2) is 9.96. The molecule has 0 spiro atoms. The fraction of sp³-hybridized carbons (Fsp3) is 0.250. The van der Waals surface area contributed by atoms with Crippen LogP contribution in [0.1, 0.15) is 6.92 Å². The molecule has 0 saturated heterocycles. The average Bonchev–Trinajstić information content (AvgIpc) is 3.26. The molecule has 2 heterocycles. The lowest BCUT2D eigenvalue weighted by atomic mass is 10.3. The van der Waals surface area contributed by atoms with Crippen molar-refractivity contribution in [3.05, 3.63) is 54.8 Å². The van der Waals surface area contributed by atoms with Crippen LogP contribution in [-0.2, 0) is 4.79 Å². The Morgan fingerprint density at radius 1 is 1.00 bits per heavy atom. The van der Waals surface area contributed by atoms with Crippen LogP contribution in [-0.4, -0.2) is 42.5 Å². The van der Waals surface area contributed by atoms with Crippen LogP contribution in [0.15, 0.2) is 59.2 Å². The number of furan rings is 1. The number of hydrogen-bond acceptors (Lipinski definition) is 7.